The van der Waals surface area contributed by atoms with Crippen molar-refractivity contribution >= 4 is 38.9 Å². The number of carbonyl (C=O) groups excluding carboxylic acids is 1. The van der Waals surface area contributed by atoms with Crippen LogP contribution in [0.4, 0.5) is 11.4 Å². The van der Waals surface area contributed by atoms with Crippen molar-refractivity contribution in [3.8, 4) is 11.5 Å². The van der Waals surface area contributed by atoms with Gasteiger partial charge in [0.2, 0.25) is 10.0 Å². The smallest absolute Gasteiger partial charge is 0.257 e. The second kappa shape index (κ2) is 8.49. The molecule has 0 aromatic heterocycles. The number of benzene rings is 2. The predicted octanol–water partition coefficient (Wildman–Crippen LogP) is 3.40. The number of anilines is 2. The first-order valence-electron chi connectivity index (χ1n) is 8.02. The third-order valence-corrected chi connectivity index (χ3v) is 5.28. The van der Waals surface area contributed by atoms with E-state index in [-0.39, 0.29) is 17.8 Å². The van der Waals surface area contributed by atoms with Gasteiger partial charge in [0, 0.05) is 23.3 Å². The van der Waals surface area contributed by atoms with Crippen LogP contribution < -0.4 is 19.1 Å². The highest BCUT2D eigenvalue weighted by Gasteiger charge is 2.25. The van der Waals surface area contributed by atoms with Crippen LogP contribution in [0.15, 0.2) is 36.4 Å². The number of rotatable bonds is 7. The molecule has 0 atom stereocenters. The molecule has 0 saturated carbocycles. The summed E-state index contributed by atoms with van der Waals surface area (Å²) in [6.45, 7) is 1.82. The van der Waals surface area contributed by atoms with E-state index in [9.17, 15) is 13.2 Å². The van der Waals surface area contributed by atoms with E-state index in [1.54, 1.807) is 31.2 Å². The molecule has 0 aliphatic rings. The van der Waals surface area contributed by atoms with Crippen LogP contribution in [0.5, 0.6) is 11.5 Å². The average molecular weight is 413 g/mol. The Bertz CT molecular complexity index is 947. The molecular formula is C18H21ClN2O5S. The van der Waals surface area contributed by atoms with Crippen LogP contribution in [-0.2, 0) is 10.0 Å². The molecule has 0 aliphatic carbocycles. The topological polar surface area (TPSA) is 84.9 Å². The third kappa shape index (κ3) is 4.84. The van der Waals surface area contributed by atoms with Gasteiger partial charge < -0.3 is 14.8 Å². The van der Waals surface area contributed by atoms with E-state index in [2.05, 4.69) is 5.32 Å². The van der Waals surface area contributed by atoms with E-state index in [4.69, 9.17) is 21.1 Å². The maximum atomic E-state index is 12.9. The number of carbonyl (C=O) groups is 1. The van der Waals surface area contributed by atoms with Crippen molar-refractivity contribution in [3.63, 3.8) is 0 Å². The lowest BCUT2D eigenvalue weighted by molar-refractivity contribution is 0.102. The highest BCUT2D eigenvalue weighted by Crippen LogP contribution is 2.36. The summed E-state index contributed by atoms with van der Waals surface area (Å²) in [4.78, 5) is 12.9. The van der Waals surface area contributed by atoms with Gasteiger partial charge in [-0.15, -0.1) is 0 Å². The minimum absolute atomic E-state index is 0.125. The molecule has 0 radical (unpaired) electrons. The normalized spacial score (nSPS) is 11.0. The second-order valence-corrected chi connectivity index (χ2v) is 7.96. The Balaban J connectivity index is 2.59. The van der Waals surface area contributed by atoms with E-state index in [0.29, 0.717) is 22.2 Å². The lowest BCUT2D eigenvalue weighted by Crippen LogP contribution is -2.31. The molecule has 2 aromatic rings. The second-order valence-electron chi connectivity index (χ2n) is 5.62. The zero-order valence-electron chi connectivity index (χ0n) is 15.4. The van der Waals surface area contributed by atoms with Gasteiger partial charge in [-0.3, -0.25) is 9.10 Å². The first-order chi connectivity index (χ1) is 12.7. The zero-order chi connectivity index (χ0) is 20.2. The molecule has 0 heterocycles. The molecule has 9 heteroatoms. The Hall–Kier alpha value is -2.45. The molecule has 146 valence electrons. The number of methoxy groups -OCH3 is 2. The van der Waals surface area contributed by atoms with Gasteiger partial charge in [0.05, 0.1) is 31.7 Å². The number of sulfonamides is 1. The quantitative estimate of drug-likeness (QED) is 0.753. The maximum absolute atomic E-state index is 12.9. The summed E-state index contributed by atoms with van der Waals surface area (Å²) < 4.78 is 36.0. The number of nitrogens with zero attached hydrogens (tertiary/aromatic N) is 1. The molecule has 0 fully saturated rings. The highest BCUT2D eigenvalue weighted by atomic mass is 35.5. The van der Waals surface area contributed by atoms with Crippen molar-refractivity contribution in [2.45, 2.75) is 6.92 Å². The SMILES string of the molecule is CCN(c1cc(OC)c(OC)cc1C(=O)Nc1cccc(Cl)c1)S(C)(=O)=O. The maximum Gasteiger partial charge on any atom is 0.257 e. The van der Waals surface area contributed by atoms with Crippen LogP contribution >= 0.6 is 11.6 Å². The van der Waals surface area contributed by atoms with Gasteiger partial charge >= 0.3 is 0 Å². The molecule has 0 spiro atoms. The minimum atomic E-state index is -3.61. The number of halogens is 1. The van der Waals surface area contributed by atoms with Gasteiger partial charge in [0.25, 0.3) is 5.91 Å². The molecule has 0 unspecified atom stereocenters. The number of amides is 1. The standard InChI is InChI=1S/C18H21ClN2O5S/c1-5-21(27(4,23)24)15-11-17(26-3)16(25-2)10-14(15)18(22)20-13-8-6-7-12(19)9-13/h6-11H,5H2,1-4H3,(H,20,22). The van der Waals surface area contributed by atoms with Gasteiger partial charge in [-0.1, -0.05) is 17.7 Å². The van der Waals surface area contributed by atoms with E-state index >= 15 is 0 Å². The molecule has 2 aromatic carbocycles. The Labute approximate surface area is 163 Å². The van der Waals surface area contributed by atoms with Crippen LogP contribution in [0.2, 0.25) is 5.02 Å². The van der Waals surface area contributed by atoms with Gasteiger partial charge in [-0.05, 0) is 31.2 Å². The summed E-state index contributed by atoms with van der Waals surface area (Å²) in [5, 5.41) is 3.18. The molecule has 1 amide bonds. The lowest BCUT2D eigenvalue weighted by Gasteiger charge is -2.24. The summed E-state index contributed by atoms with van der Waals surface area (Å²) in [6, 6.07) is 9.56. The molecule has 7 nitrogen and oxygen atoms in total. The Morgan fingerprint density at radius 3 is 2.30 bits per heavy atom. The van der Waals surface area contributed by atoms with Crippen LogP contribution in [0.1, 0.15) is 17.3 Å². The van der Waals surface area contributed by atoms with Gasteiger partial charge in [-0.2, -0.15) is 0 Å². The molecule has 2 rings (SSSR count). The predicted molar refractivity (Wildman–Crippen MR) is 107 cm³/mol. The summed E-state index contributed by atoms with van der Waals surface area (Å²) in [7, 11) is -0.743. The van der Waals surface area contributed by atoms with Crippen molar-refractivity contribution in [2.75, 3.05) is 36.6 Å². The van der Waals surface area contributed by atoms with Crippen molar-refractivity contribution in [1.29, 1.82) is 0 Å². The number of hydrogen-bond acceptors (Lipinski definition) is 5. The molecule has 0 aliphatic heterocycles. The number of nitrogens with one attached hydrogen (secondary N) is 1. The Kier molecular flexibility index (Phi) is 6.56. The van der Waals surface area contributed by atoms with E-state index < -0.39 is 15.9 Å². The van der Waals surface area contributed by atoms with Crippen molar-refractivity contribution in [1.82, 2.24) is 0 Å². The fraction of sp³-hybridized carbons (Fsp3) is 0.278. The molecular weight excluding hydrogens is 392 g/mol. The molecule has 1 N–H and O–H groups in total. The largest absolute Gasteiger partial charge is 0.493 e. The zero-order valence-corrected chi connectivity index (χ0v) is 17.0. The Morgan fingerprint density at radius 2 is 1.78 bits per heavy atom. The van der Waals surface area contributed by atoms with Gasteiger partial charge in [0.15, 0.2) is 11.5 Å². The van der Waals surface area contributed by atoms with Gasteiger partial charge in [-0.25, -0.2) is 8.42 Å². The van der Waals surface area contributed by atoms with Crippen LogP contribution in [0, 0.1) is 0 Å². The summed E-state index contributed by atoms with van der Waals surface area (Å²) >= 11 is 5.95. The van der Waals surface area contributed by atoms with E-state index in [1.807, 2.05) is 0 Å². The fourth-order valence-corrected chi connectivity index (χ4v) is 3.77. The van der Waals surface area contributed by atoms with Crippen molar-refractivity contribution < 1.29 is 22.7 Å². The lowest BCUT2D eigenvalue weighted by atomic mass is 10.1. The first kappa shape index (κ1) is 20.9. The summed E-state index contributed by atoms with van der Waals surface area (Å²) in [6.07, 6.45) is 1.08. The van der Waals surface area contributed by atoms with Crippen LogP contribution in [0.3, 0.4) is 0 Å². The third-order valence-electron chi connectivity index (χ3n) is 3.79. The average Bonchev–Trinajstić information content (AvgIpc) is 2.60. The van der Waals surface area contributed by atoms with Crippen LogP contribution in [0.25, 0.3) is 0 Å². The van der Waals surface area contributed by atoms with E-state index in [0.717, 1.165) is 10.6 Å². The summed E-state index contributed by atoms with van der Waals surface area (Å²) in [5.74, 6) is 0.117. The van der Waals surface area contributed by atoms with E-state index in [1.165, 1.54) is 26.4 Å². The molecule has 0 bridgehead atoms. The molecule has 27 heavy (non-hydrogen) atoms. The molecule has 0 saturated heterocycles. The fourth-order valence-electron chi connectivity index (χ4n) is 2.60. The summed E-state index contributed by atoms with van der Waals surface area (Å²) in [5.41, 5.74) is 0.799. The highest BCUT2D eigenvalue weighted by molar-refractivity contribution is 7.92. The minimum Gasteiger partial charge on any atom is -0.493 e. The Morgan fingerprint density at radius 1 is 1.15 bits per heavy atom. The number of ether oxygens (including phenoxy) is 2. The van der Waals surface area contributed by atoms with Crippen LogP contribution in [-0.4, -0.2) is 41.3 Å². The van der Waals surface area contributed by atoms with Crippen molar-refractivity contribution in [3.05, 3.63) is 47.0 Å². The first-order valence-corrected chi connectivity index (χ1v) is 10.2. The van der Waals surface area contributed by atoms with Gasteiger partial charge in [0.1, 0.15) is 0 Å². The number of hydrogen-bond donors (Lipinski definition) is 1. The van der Waals surface area contributed by atoms with Crippen molar-refractivity contribution in [2.24, 2.45) is 0 Å². The monoisotopic (exact) mass is 412 g/mol.